The lowest BCUT2D eigenvalue weighted by molar-refractivity contribution is 0.0989. The van der Waals surface area contributed by atoms with E-state index < -0.39 is 11.8 Å². The molecule has 0 aliphatic heterocycles. The first kappa shape index (κ1) is 21.0. The predicted octanol–water partition coefficient (Wildman–Crippen LogP) is 5.67. The molecule has 162 valence electrons. The van der Waals surface area contributed by atoms with E-state index in [4.69, 9.17) is 13.6 Å². The van der Waals surface area contributed by atoms with Crippen LogP contribution in [0.4, 0.5) is 11.4 Å². The van der Waals surface area contributed by atoms with Crippen molar-refractivity contribution in [3.8, 4) is 17.1 Å². The van der Waals surface area contributed by atoms with Crippen LogP contribution in [-0.4, -0.2) is 18.9 Å². The molecule has 0 radical (unpaired) electrons. The van der Waals surface area contributed by atoms with Gasteiger partial charge in [0.2, 0.25) is 0 Å². The summed E-state index contributed by atoms with van der Waals surface area (Å²) < 4.78 is 16.2. The van der Waals surface area contributed by atoms with E-state index in [1.54, 1.807) is 42.5 Å². The molecule has 0 aliphatic carbocycles. The molecule has 7 nitrogen and oxygen atoms in total. The summed E-state index contributed by atoms with van der Waals surface area (Å²) in [5.74, 6) is 0.577. The molecule has 2 aromatic carbocycles. The zero-order valence-corrected chi connectivity index (χ0v) is 17.9. The monoisotopic (exact) mass is 430 g/mol. The Morgan fingerprint density at radius 2 is 1.66 bits per heavy atom. The molecule has 0 fully saturated rings. The Bertz CT molecular complexity index is 1270. The van der Waals surface area contributed by atoms with E-state index in [1.807, 2.05) is 32.0 Å². The second-order valence-corrected chi connectivity index (χ2v) is 7.26. The summed E-state index contributed by atoms with van der Waals surface area (Å²) in [4.78, 5) is 24.9. The van der Waals surface area contributed by atoms with Gasteiger partial charge in [0.25, 0.3) is 11.8 Å². The van der Waals surface area contributed by atoms with Gasteiger partial charge in [-0.15, -0.1) is 0 Å². The molecule has 0 aliphatic rings. The number of rotatable bonds is 6. The molecule has 2 heterocycles. The van der Waals surface area contributed by atoms with Crippen molar-refractivity contribution < 1.29 is 23.2 Å². The van der Waals surface area contributed by atoms with Gasteiger partial charge in [0.05, 0.1) is 19.1 Å². The van der Waals surface area contributed by atoms with Crippen molar-refractivity contribution in [1.29, 1.82) is 0 Å². The SMILES string of the molecule is COc1cc(NC(=O)c2ccc(-c3ccc(C)c(C)c3)o2)ccc1NC(=O)c1ccco1. The average Bonchev–Trinajstić information content (AvgIpc) is 3.49. The van der Waals surface area contributed by atoms with Crippen LogP contribution < -0.4 is 15.4 Å². The quantitative estimate of drug-likeness (QED) is 0.411. The lowest BCUT2D eigenvalue weighted by Crippen LogP contribution is -2.13. The number of aryl methyl sites for hydroxylation is 2. The molecule has 7 heteroatoms. The zero-order chi connectivity index (χ0) is 22.7. The van der Waals surface area contributed by atoms with Gasteiger partial charge in [-0.1, -0.05) is 12.1 Å². The van der Waals surface area contributed by atoms with E-state index in [9.17, 15) is 9.59 Å². The van der Waals surface area contributed by atoms with Crippen LogP contribution in [0.15, 0.2) is 75.8 Å². The first-order valence-corrected chi connectivity index (χ1v) is 9.96. The number of carbonyl (C=O) groups is 2. The highest BCUT2D eigenvalue weighted by atomic mass is 16.5. The Balaban J connectivity index is 1.48. The topological polar surface area (TPSA) is 93.7 Å². The van der Waals surface area contributed by atoms with Crippen molar-refractivity contribution in [2.45, 2.75) is 13.8 Å². The summed E-state index contributed by atoms with van der Waals surface area (Å²) in [5, 5.41) is 5.50. The fraction of sp³-hybridized carbons (Fsp3) is 0.120. The minimum Gasteiger partial charge on any atom is -0.494 e. The van der Waals surface area contributed by atoms with E-state index in [2.05, 4.69) is 10.6 Å². The van der Waals surface area contributed by atoms with E-state index in [1.165, 1.54) is 18.9 Å². The van der Waals surface area contributed by atoms with Crippen LogP contribution >= 0.6 is 0 Å². The highest BCUT2D eigenvalue weighted by Crippen LogP contribution is 2.29. The lowest BCUT2D eigenvalue weighted by atomic mass is 10.1. The molecule has 0 saturated heterocycles. The number of carbonyl (C=O) groups excluding carboxylic acids is 2. The number of nitrogens with one attached hydrogen (secondary N) is 2. The minimum absolute atomic E-state index is 0.182. The van der Waals surface area contributed by atoms with Crippen LogP contribution in [0.1, 0.15) is 32.2 Å². The number of hydrogen-bond donors (Lipinski definition) is 2. The van der Waals surface area contributed by atoms with Crippen molar-refractivity contribution in [2.75, 3.05) is 17.7 Å². The third-order valence-corrected chi connectivity index (χ3v) is 5.07. The van der Waals surface area contributed by atoms with Gasteiger partial charge >= 0.3 is 0 Å². The first-order chi connectivity index (χ1) is 15.4. The van der Waals surface area contributed by atoms with Crippen molar-refractivity contribution >= 4 is 23.2 Å². The Hall–Kier alpha value is -4.26. The van der Waals surface area contributed by atoms with Crippen LogP contribution in [-0.2, 0) is 0 Å². The van der Waals surface area contributed by atoms with Gasteiger partial charge in [-0.25, -0.2) is 0 Å². The minimum atomic E-state index is -0.403. The van der Waals surface area contributed by atoms with Gasteiger partial charge < -0.3 is 24.2 Å². The fourth-order valence-electron chi connectivity index (χ4n) is 3.17. The summed E-state index contributed by atoms with van der Waals surface area (Å²) in [7, 11) is 1.48. The van der Waals surface area contributed by atoms with Crippen LogP contribution in [0.5, 0.6) is 5.75 Å². The maximum absolute atomic E-state index is 12.7. The van der Waals surface area contributed by atoms with Crippen molar-refractivity contribution in [1.82, 2.24) is 0 Å². The van der Waals surface area contributed by atoms with Crippen LogP contribution in [0.2, 0.25) is 0 Å². The third kappa shape index (κ3) is 4.41. The predicted molar refractivity (Wildman–Crippen MR) is 121 cm³/mol. The second-order valence-electron chi connectivity index (χ2n) is 7.26. The van der Waals surface area contributed by atoms with E-state index in [0.717, 1.165) is 11.1 Å². The van der Waals surface area contributed by atoms with Crippen molar-refractivity contribution in [3.05, 3.63) is 89.6 Å². The Kier molecular flexibility index (Phi) is 5.81. The number of amides is 2. The van der Waals surface area contributed by atoms with Crippen LogP contribution in [0.3, 0.4) is 0 Å². The number of furan rings is 2. The molecule has 32 heavy (non-hydrogen) atoms. The van der Waals surface area contributed by atoms with Gasteiger partial charge in [0, 0.05) is 17.3 Å². The molecule has 2 aromatic heterocycles. The molecule has 0 unspecified atom stereocenters. The summed E-state index contributed by atoms with van der Waals surface area (Å²) in [6.07, 6.45) is 1.42. The summed E-state index contributed by atoms with van der Waals surface area (Å²) in [6.45, 7) is 4.07. The van der Waals surface area contributed by atoms with Crippen LogP contribution in [0, 0.1) is 13.8 Å². The van der Waals surface area contributed by atoms with Gasteiger partial charge in [-0.2, -0.15) is 0 Å². The number of benzene rings is 2. The lowest BCUT2D eigenvalue weighted by Gasteiger charge is -2.11. The van der Waals surface area contributed by atoms with Gasteiger partial charge in [0.1, 0.15) is 11.5 Å². The molecule has 2 N–H and O–H groups in total. The largest absolute Gasteiger partial charge is 0.494 e. The van der Waals surface area contributed by atoms with E-state index >= 15 is 0 Å². The third-order valence-electron chi connectivity index (χ3n) is 5.07. The fourth-order valence-corrected chi connectivity index (χ4v) is 3.17. The normalized spacial score (nSPS) is 10.6. The molecule has 4 rings (SSSR count). The molecule has 0 bridgehead atoms. The van der Waals surface area contributed by atoms with Crippen molar-refractivity contribution in [3.63, 3.8) is 0 Å². The van der Waals surface area contributed by atoms with Crippen LogP contribution in [0.25, 0.3) is 11.3 Å². The standard InChI is InChI=1S/C25H22N2O5/c1-15-6-7-17(13-16(15)2)20-10-11-22(32-20)25(29)26-18-8-9-19(23(14-18)30-3)27-24(28)21-5-4-12-31-21/h4-14H,1-3H3,(H,26,29)(H,27,28). The maximum Gasteiger partial charge on any atom is 0.291 e. The van der Waals surface area contributed by atoms with E-state index in [0.29, 0.717) is 22.9 Å². The maximum atomic E-state index is 12.7. The summed E-state index contributed by atoms with van der Waals surface area (Å²) >= 11 is 0. The number of anilines is 2. The van der Waals surface area contributed by atoms with Gasteiger partial charge in [-0.3, -0.25) is 9.59 Å². The Morgan fingerprint density at radius 3 is 2.38 bits per heavy atom. The summed E-state index contributed by atoms with van der Waals surface area (Å²) in [5.41, 5.74) is 4.19. The molecule has 4 aromatic rings. The van der Waals surface area contributed by atoms with Gasteiger partial charge in [0.15, 0.2) is 11.5 Å². The average molecular weight is 430 g/mol. The highest BCUT2D eigenvalue weighted by Gasteiger charge is 2.16. The van der Waals surface area contributed by atoms with Crippen molar-refractivity contribution in [2.24, 2.45) is 0 Å². The van der Waals surface area contributed by atoms with E-state index in [-0.39, 0.29) is 11.5 Å². The second kappa shape index (κ2) is 8.85. The number of hydrogen-bond acceptors (Lipinski definition) is 5. The molecule has 2 amide bonds. The molecule has 0 spiro atoms. The molecule has 0 saturated carbocycles. The Labute approximate surface area is 185 Å². The smallest absolute Gasteiger partial charge is 0.291 e. The number of methoxy groups -OCH3 is 1. The summed E-state index contributed by atoms with van der Waals surface area (Å²) in [6, 6.07) is 17.5. The Morgan fingerprint density at radius 1 is 0.844 bits per heavy atom. The number of ether oxygens (including phenoxy) is 1. The zero-order valence-electron chi connectivity index (χ0n) is 17.9. The molecular weight excluding hydrogens is 408 g/mol. The first-order valence-electron chi connectivity index (χ1n) is 9.96. The highest BCUT2D eigenvalue weighted by molar-refractivity contribution is 6.04. The molecular formula is C25H22N2O5. The molecule has 0 atom stereocenters. The van der Waals surface area contributed by atoms with Gasteiger partial charge in [-0.05, 0) is 67.4 Å².